The lowest BCUT2D eigenvalue weighted by Crippen LogP contribution is -2.20. The van der Waals surface area contributed by atoms with Gasteiger partial charge in [-0.15, -0.1) is 0 Å². The van der Waals surface area contributed by atoms with Crippen LogP contribution in [0.5, 0.6) is 0 Å². The molecule has 1 aromatic heterocycles. The van der Waals surface area contributed by atoms with E-state index in [0.29, 0.717) is 11.3 Å². The van der Waals surface area contributed by atoms with Gasteiger partial charge in [-0.3, -0.25) is 5.10 Å². The Morgan fingerprint density at radius 1 is 1.62 bits per heavy atom. The van der Waals surface area contributed by atoms with Gasteiger partial charge in [-0.2, -0.15) is 5.10 Å². The zero-order chi connectivity index (χ0) is 10.1. The normalized spacial score (nSPS) is 11.9. The third-order valence-corrected chi connectivity index (χ3v) is 3.10. The maximum absolute atomic E-state index is 11.3. The van der Waals surface area contributed by atoms with E-state index in [2.05, 4.69) is 14.9 Å². The van der Waals surface area contributed by atoms with Crippen LogP contribution in [0.2, 0.25) is 0 Å². The average Bonchev–Trinajstić information content (AvgIpc) is 2.47. The van der Waals surface area contributed by atoms with Gasteiger partial charge >= 0.3 is 0 Å². The zero-order valence-corrected chi connectivity index (χ0v) is 8.14. The van der Waals surface area contributed by atoms with Gasteiger partial charge in [0.2, 0.25) is 0 Å². The first kappa shape index (κ1) is 10.2. The van der Waals surface area contributed by atoms with Crippen molar-refractivity contribution in [1.82, 2.24) is 14.9 Å². The van der Waals surface area contributed by atoms with Crippen molar-refractivity contribution in [2.45, 2.75) is 18.6 Å². The van der Waals surface area contributed by atoms with Gasteiger partial charge in [0.25, 0.3) is 10.0 Å². The Morgan fingerprint density at radius 2 is 2.23 bits per heavy atom. The molecule has 6 nitrogen and oxygen atoms in total. The molecule has 1 aromatic rings. The van der Waals surface area contributed by atoms with Crippen LogP contribution in [0.3, 0.4) is 0 Å². The summed E-state index contributed by atoms with van der Waals surface area (Å²) < 4.78 is 24.7. The third kappa shape index (κ3) is 1.71. The van der Waals surface area contributed by atoms with Gasteiger partial charge in [0.05, 0.1) is 6.61 Å². The van der Waals surface area contributed by atoms with Gasteiger partial charge in [0.15, 0.2) is 5.03 Å². The second-order valence-corrected chi connectivity index (χ2v) is 4.30. The van der Waals surface area contributed by atoms with Crippen LogP contribution >= 0.6 is 0 Å². The molecule has 7 heteroatoms. The number of H-pyrrole nitrogens is 1. The minimum atomic E-state index is -3.57. The number of sulfonamides is 1. The number of nitrogens with zero attached hydrogens (tertiary/aromatic N) is 1. The molecule has 0 aliphatic heterocycles. The highest BCUT2D eigenvalue weighted by atomic mass is 32.2. The molecule has 0 saturated heterocycles. The molecule has 0 saturated carbocycles. The van der Waals surface area contributed by atoms with Gasteiger partial charge in [-0.25, -0.2) is 13.1 Å². The van der Waals surface area contributed by atoms with Gasteiger partial charge in [0.1, 0.15) is 0 Å². The molecule has 3 N–H and O–H groups in total. The van der Waals surface area contributed by atoms with Crippen LogP contribution in [0.15, 0.2) is 5.03 Å². The molecule has 1 heterocycles. The largest absolute Gasteiger partial charge is 0.392 e. The molecule has 0 fully saturated rings. The Hall–Kier alpha value is -0.920. The Labute approximate surface area is 76.0 Å². The van der Waals surface area contributed by atoms with Crippen LogP contribution in [0, 0.1) is 6.92 Å². The number of aliphatic hydroxyl groups is 1. The summed E-state index contributed by atoms with van der Waals surface area (Å²) in [6.45, 7) is 1.30. The molecule has 13 heavy (non-hydrogen) atoms. The molecule has 0 aromatic carbocycles. The van der Waals surface area contributed by atoms with Crippen molar-refractivity contribution >= 4 is 10.0 Å². The van der Waals surface area contributed by atoms with E-state index in [-0.39, 0.29) is 11.6 Å². The minimum absolute atomic E-state index is 0.144. The molecule has 74 valence electrons. The lowest BCUT2D eigenvalue weighted by atomic mass is 10.3. The summed E-state index contributed by atoms with van der Waals surface area (Å²) >= 11 is 0. The summed E-state index contributed by atoms with van der Waals surface area (Å²) in [5.74, 6) is 0. The topological polar surface area (TPSA) is 95.1 Å². The van der Waals surface area contributed by atoms with Crippen molar-refractivity contribution < 1.29 is 13.5 Å². The monoisotopic (exact) mass is 205 g/mol. The van der Waals surface area contributed by atoms with E-state index in [1.807, 2.05) is 0 Å². The van der Waals surface area contributed by atoms with Crippen LogP contribution in [0.1, 0.15) is 11.3 Å². The lowest BCUT2D eigenvalue weighted by molar-refractivity contribution is 0.277. The van der Waals surface area contributed by atoms with E-state index in [1.54, 1.807) is 6.92 Å². The van der Waals surface area contributed by atoms with Crippen molar-refractivity contribution in [3.63, 3.8) is 0 Å². The number of aryl methyl sites for hydroxylation is 1. The first-order chi connectivity index (χ1) is 6.03. The fourth-order valence-corrected chi connectivity index (χ4v) is 1.84. The van der Waals surface area contributed by atoms with E-state index in [9.17, 15) is 8.42 Å². The van der Waals surface area contributed by atoms with Crippen LogP contribution in [-0.2, 0) is 16.6 Å². The number of nitrogens with one attached hydrogen (secondary N) is 2. The number of hydrogen-bond donors (Lipinski definition) is 3. The number of rotatable bonds is 3. The van der Waals surface area contributed by atoms with Gasteiger partial charge < -0.3 is 5.11 Å². The van der Waals surface area contributed by atoms with Crippen molar-refractivity contribution in [3.05, 3.63) is 11.3 Å². The summed E-state index contributed by atoms with van der Waals surface area (Å²) in [6.07, 6.45) is 0. The number of aromatic amines is 1. The molecular formula is C6H11N3O3S. The quantitative estimate of drug-likeness (QED) is 0.597. The van der Waals surface area contributed by atoms with Gasteiger partial charge in [-0.05, 0) is 14.0 Å². The Balaban J connectivity index is 3.31. The molecule has 0 amide bonds. The molecule has 0 atom stereocenters. The van der Waals surface area contributed by atoms with Crippen LogP contribution < -0.4 is 4.72 Å². The van der Waals surface area contributed by atoms with Gasteiger partial charge in [-0.1, -0.05) is 0 Å². The molecule has 0 radical (unpaired) electrons. The standard InChI is InChI=1S/C6H11N3O3S/c1-4-5(3-10)6(9-8-4)13(11,12)7-2/h7,10H,3H2,1-2H3,(H,8,9). The van der Waals surface area contributed by atoms with E-state index in [0.717, 1.165) is 0 Å². The number of hydrogen-bond acceptors (Lipinski definition) is 4. The van der Waals surface area contributed by atoms with Crippen LogP contribution in [-0.4, -0.2) is 30.8 Å². The van der Waals surface area contributed by atoms with E-state index in [4.69, 9.17) is 5.11 Å². The molecule has 0 aliphatic rings. The number of aliphatic hydroxyl groups excluding tert-OH is 1. The summed E-state index contributed by atoms with van der Waals surface area (Å²) in [6, 6.07) is 0. The van der Waals surface area contributed by atoms with Crippen molar-refractivity contribution in [1.29, 1.82) is 0 Å². The smallest absolute Gasteiger partial charge is 0.259 e. The predicted octanol–water partition coefficient (Wildman–Crippen LogP) is -0.881. The Bertz CT molecular complexity index is 395. The maximum atomic E-state index is 11.3. The van der Waals surface area contributed by atoms with Crippen LogP contribution in [0.4, 0.5) is 0 Å². The molecule has 0 spiro atoms. The van der Waals surface area contributed by atoms with Crippen molar-refractivity contribution in [2.75, 3.05) is 7.05 Å². The van der Waals surface area contributed by atoms with E-state index < -0.39 is 10.0 Å². The first-order valence-electron chi connectivity index (χ1n) is 3.61. The van der Waals surface area contributed by atoms with Crippen molar-refractivity contribution in [2.24, 2.45) is 0 Å². The molecule has 1 rings (SSSR count). The highest BCUT2D eigenvalue weighted by Crippen LogP contribution is 2.14. The fraction of sp³-hybridized carbons (Fsp3) is 0.500. The van der Waals surface area contributed by atoms with Crippen LogP contribution in [0.25, 0.3) is 0 Å². The summed E-state index contributed by atoms with van der Waals surface area (Å²) in [7, 11) is -2.28. The maximum Gasteiger partial charge on any atom is 0.259 e. The minimum Gasteiger partial charge on any atom is -0.392 e. The lowest BCUT2D eigenvalue weighted by Gasteiger charge is -1.99. The predicted molar refractivity (Wildman–Crippen MR) is 45.5 cm³/mol. The molecule has 0 bridgehead atoms. The Morgan fingerprint density at radius 3 is 2.69 bits per heavy atom. The SMILES string of the molecule is CNS(=O)(=O)c1n[nH]c(C)c1CO. The molecule has 0 aliphatic carbocycles. The highest BCUT2D eigenvalue weighted by molar-refractivity contribution is 7.89. The van der Waals surface area contributed by atoms with E-state index in [1.165, 1.54) is 7.05 Å². The molecular weight excluding hydrogens is 194 g/mol. The summed E-state index contributed by atoms with van der Waals surface area (Å²) in [5.41, 5.74) is 0.852. The van der Waals surface area contributed by atoms with E-state index >= 15 is 0 Å². The molecule has 0 unspecified atom stereocenters. The van der Waals surface area contributed by atoms with Crippen molar-refractivity contribution in [3.8, 4) is 0 Å². The first-order valence-corrected chi connectivity index (χ1v) is 5.09. The second-order valence-electron chi connectivity index (χ2n) is 2.50. The Kier molecular flexibility index (Phi) is 2.69. The summed E-state index contributed by atoms with van der Waals surface area (Å²) in [5, 5.41) is 14.8. The fourth-order valence-electron chi connectivity index (χ4n) is 0.935. The number of aromatic nitrogens is 2. The van der Waals surface area contributed by atoms with Gasteiger partial charge in [0, 0.05) is 11.3 Å². The summed E-state index contributed by atoms with van der Waals surface area (Å²) in [4.78, 5) is 0. The second kappa shape index (κ2) is 3.44. The zero-order valence-electron chi connectivity index (χ0n) is 7.33. The highest BCUT2D eigenvalue weighted by Gasteiger charge is 2.21. The third-order valence-electron chi connectivity index (χ3n) is 1.72. The average molecular weight is 205 g/mol.